The van der Waals surface area contributed by atoms with E-state index in [1.807, 2.05) is 0 Å². The summed E-state index contributed by atoms with van der Waals surface area (Å²) >= 11 is 0. The van der Waals surface area contributed by atoms with Gasteiger partial charge in [0.2, 0.25) is 0 Å². The number of rotatable bonds is 3. The van der Waals surface area contributed by atoms with Crippen molar-refractivity contribution in [3.05, 3.63) is 209 Å². The van der Waals surface area contributed by atoms with Gasteiger partial charge in [-0.05, 0) is 106 Å². The van der Waals surface area contributed by atoms with Crippen LogP contribution in [-0.4, -0.2) is 0 Å². The minimum atomic E-state index is 0.137. The third-order valence-electron chi connectivity index (χ3n) is 11.2. The molecule has 0 fully saturated rings. The topological polar surface area (TPSA) is 13.1 Å². The Morgan fingerprint density at radius 3 is 1.67 bits per heavy atom. The average Bonchev–Trinajstić information content (AvgIpc) is 3.58. The van der Waals surface area contributed by atoms with Crippen molar-refractivity contribution in [2.24, 2.45) is 11.8 Å². The van der Waals surface area contributed by atoms with Gasteiger partial charge in [-0.3, -0.25) is 0 Å². The lowest BCUT2D eigenvalue weighted by Crippen LogP contribution is -2.40. The van der Waals surface area contributed by atoms with Gasteiger partial charge in [-0.25, -0.2) is 0 Å². The van der Waals surface area contributed by atoms with E-state index in [-0.39, 0.29) is 11.8 Å². The van der Waals surface area contributed by atoms with Crippen LogP contribution >= 0.6 is 0 Å². The van der Waals surface area contributed by atoms with Crippen LogP contribution in [0.15, 0.2) is 186 Å². The number of benzene rings is 8. The third kappa shape index (κ3) is 4.41. The molecular formula is C50H32O. The van der Waals surface area contributed by atoms with Crippen molar-refractivity contribution < 1.29 is 4.42 Å². The van der Waals surface area contributed by atoms with Gasteiger partial charge in [0.25, 0.3) is 0 Å². The maximum Gasteiger partial charge on any atom is 0.136 e. The molecule has 9 aromatic rings. The molecule has 2 unspecified atom stereocenters. The minimum absolute atomic E-state index is 0.137. The number of hydrogen-bond acceptors (Lipinski definition) is 1. The largest absolute Gasteiger partial charge is 0.456 e. The third-order valence-corrected chi connectivity index (χ3v) is 11.2. The normalized spacial score (nSPS) is 17.0. The molecule has 0 N–H and O–H groups in total. The fourth-order valence-electron chi connectivity index (χ4n) is 8.86. The molecule has 0 aliphatic heterocycles. The lowest BCUT2D eigenvalue weighted by atomic mass is 9.68. The van der Waals surface area contributed by atoms with Gasteiger partial charge in [-0.15, -0.1) is 0 Å². The van der Waals surface area contributed by atoms with Crippen molar-refractivity contribution >= 4 is 71.0 Å². The van der Waals surface area contributed by atoms with Gasteiger partial charge in [0.05, 0.1) is 0 Å². The zero-order valence-electron chi connectivity index (χ0n) is 27.9. The van der Waals surface area contributed by atoms with Crippen molar-refractivity contribution in [1.29, 1.82) is 0 Å². The Hall–Kier alpha value is -6.44. The monoisotopic (exact) mass is 648 g/mol. The lowest BCUT2D eigenvalue weighted by molar-refractivity contribution is 0.669. The Kier molecular flexibility index (Phi) is 6.15. The van der Waals surface area contributed by atoms with E-state index in [1.165, 1.54) is 81.6 Å². The molecule has 238 valence electrons. The van der Waals surface area contributed by atoms with Crippen molar-refractivity contribution in [3.63, 3.8) is 0 Å². The highest BCUT2D eigenvalue weighted by molar-refractivity contribution is 6.19. The number of fused-ring (bicyclic) bond motifs is 9. The molecular weight excluding hydrogens is 617 g/mol. The lowest BCUT2D eigenvalue weighted by Gasteiger charge is -2.35. The van der Waals surface area contributed by atoms with E-state index in [0.717, 1.165) is 16.6 Å². The number of furan rings is 1. The summed E-state index contributed by atoms with van der Waals surface area (Å²) < 4.78 is 6.53. The molecule has 2 atom stereocenters. The average molecular weight is 649 g/mol. The molecule has 0 saturated heterocycles. The maximum absolute atomic E-state index is 6.53. The molecule has 1 heterocycles. The van der Waals surface area contributed by atoms with E-state index in [9.17, 15) is 0 Å². The molecule has 0 spiro atoms. The molecule has 0 saturated carbocycles. The molecule has 1 aromatic heterocycles. The molecule has 0 radical (unpaired) electrons. The van der Waals surface area contributed by atoms with E-state index in [1.54, 1.807) is 0 Å². The van der Waals surface area contributed by atoms with E-state index < -0.39 is 0 Å². The summed E-state index contributed by atoms with van der Waals surface area (Å²) in [6, 6.07) is 60.0. The fraction of sp³-hybridized carbons (Fsp3) is 0.0400. The van der Waals surface area contributed by atoms with E-state index in [0.29, 0.717) is 0 Å². The molecule has 2 aliphatic carbocycles. The Bertz CT molecular complexity index is 3100. The molecule has 0 bridgehead atoms. The van der Waals surface area contributed by atoms with Crippen LogP contribution in [0.25, 0.3) is 71.0 Å². The number of hydrogen-bond donors (Lipinski definition) is 0. The van der Waals surface area contributed by atoms with Gasteiger partial charge in [-0.2, -0.15) is 0 Å². The van der Waals surface area contributed by atoms with Crippen molar-refractivity contribution in [1.82, 2.24) is 0 Å². The Labute approximate surface area is 295 Å². The second kappa shape index (κ2) is 11.0. The van der Waals surface area contributed by atoms with Crippen molar-refractivity contribution in [3.8, 4) is 0 Å². The molecule has 11 rings (SSSR count). The zero-order valence-corrected chi connectivity index (χ0v) is 27.9. The van der Waals surface area contributed by atoms with Crippen LogP contribution in [0.3, 0.4) is 0 Å². The molecule has 1 heteroatoms. The summed E-state index contributed by atoms with van der Waals surface area (Å²) in [7, 11) is 0. The predicted molar refractivity (Wildman–Crippen MR) is 214 cm³/mol. The van der Waals surface area contributed by atoms with Crippen molar-refractivity contribution in [2.75, 3.05) is 0 Å². The molecule has 2 aliphatic rings. The minimum Gasteiger partial charge on any atom is -0.456 e. The Balaban J connectivity index is 1.14. The molecule has 1 nitrogen and oxygen atoms in total. The SMILES string of the molecule is C1=CC2C(c3ccc4ccccc4c3)=c3ccccc3=C(c3ccc4ccccc4c3)C2C=C1c1ccc2c(c1)oc1ccc3ccccc3c12. The molecule has 0 amide bonds. The van der Waals surface area contributed by atoms with E-state index >= 15 is 0 Å². The van der Waals surface area contributed by atoms with Gasteiger partial charge in [-0.1, -0.05) is 152 Å². The number of allylic oxidation sites excluding steroid dienone is 4. The van der Waals surface area contributed by atoms with Gasteiger partial charge < -0.3 is 4.42 Å². The van der Waals surface area contributed by atoms with Crippen molar-refractivity contribution in [2.45, 2.75) is 0 Å². The van der Waals surface area contributed by atoms with Gasteiger partial charge in [0, 0.05) is 22.6 Å². The first-order valence-electron chi connectivity index (χ1n) is 17.8. The van der Waals surface area contributed by atoms with E-state index in [2.05, 4.69) is 182 Å². The summed E-state index contributed by atoms with van der Waals surface area (Å²) in [6.07, 6.45) is 7.32. The fourth-order valence-corrected chi connectivity index (χ4v) is 8.86. The first-order valence-corrected chi connectivity index (χ1v) is 17.8. The first-order chi connectivity index (χ1) is 25.3. The van der Waals surface area contributed by atoms with Crippen LogP contribution in [0.1, 0.15) is 16.7 Å². The summed E-state index contributed by atoms with van der Waals surface area (Å²) in [5.74, 6) is 0.311. The summed E-state index contributed by atoms with van der Waals surface area (Å²) in [6.45, 7) is 0. The van der Waals surface area contributed by atoms with Crippen LogP contribution in [0.4, 0.5) is 0 Å². The van der Waals surface area contributed by atoms with Crippen LogP contribution in [0.2, 0.25) is 0 Å². The standard InChI is InChI=1S/C50H32O/c1-3-12-34-27-38(19-17-31(34)9-1)48-41-15-7-8-16-42(41)49(39-20-18-32-10-2-4-13-35(32)28-39)45-29-36(21-24-43(45)48)37-22-25-44-47(30-37)51-46-26-23-33-11-5-6-14-40(33)50(44)46/h1-30,43,45H. The first kappa shape index (κ1) is 28.4. The second-order valence-electron chi connectivity index (χ2n) is 14.0. The second-order valence-corrected chi connectivity index (χ2v) is 14.0. The Morgan fingerprint density at radius 2 is 0.961 bits per heavy atom. The zero-order chi connectivity index (χ0) is 33.5. The van der Waals surface area contributed by atoms with Crippen LogP contribution in [0.5, 0.6) is 0 Å². The molecule has 51 heavy (non-hydrogen) atoms. The Morgan fingerprint density at radius 1 is 0.392 bits per heavy atom. The molecule has 8 aromatic carbocycles. The summed E-state index contributed by atoms with van der Waals surface area (Å²) in [4.78, 5) is 0. The van der Waals surface area contributed by atoms with Gasteiger partial charge >= 0.3 is 0 Å². The van der Waals surface area contributed by atoms with E-state index in [4.69, 9.17) is 4.42 Å². The highest BCUT2D eigenvalue weighted by Crippen LogP contribution is 2.44. The smallest absolute Gasteiger partial charge is 0.136 e. The quantitative estimate of drug-likeness (QED) is 0.186. The van der Waals surface area contributed by atoms with Crippen LogP contribution < -0.4 is 10.4 Å². The predicted octanol–water partition coefficient (Wildman–Crippen LogP) is 11.3. The van der Waals surface area contributed by atoms with Gasteiger partial charge in [0.15, 0.2) is 0 Å². The van der Waals surface area contributed by atoms with Crippen LogP contribution in [-0.2, 0) is 0 Å². The summed E-state index contributed by atoms with van der Waals surface area (Å²) in [5, 5.41) is 12.5. The van der Waals surface area contributed by atoms with Gasteiger partial charge in [0.1, 0.15) is 11.2 Å². The van der Waals surface area contributed by atoms with Crippen LogP contribution in [0, 0.1) is 11.8 Å². The highest BCUT2D eigenvalue weighted by Gasteiger charge is 2.33. The summed E-state index contributed by atoms with van der Waals surface area (Å²) in [5.41, 5.74) is 9.57. The highest BCUT2D eigenvalue weighted by atomic mass is 16.3. The maximum atomic E-state index is 6.53.